The normalized spacial score (nSPS) is 14.5. The van der Waals surface area contributed by atoms with Crippen molar-refractivity contribution in [3.05, 3.63) is 69.8 Å². The van der Waals surface area contributed by atoms with Gasteiger partial charge in [-0.2, -0.15) is 15.3 Å². The minimum absolute atomic E-state index is 0.00589. The number of anilines is 1. The first kappa shape index (κ1) is 20.3. The van der Waals surface area contributed by atoms with Crippen LogP contribution in [0.2, 0.25) is 0 Å². The number of nitrogens with two attached hydrogens (primary N) is 1. The van der Waals surface area contributed by atoms with Crippen LogP contribution >= 0.6 is 0 Å². The van der Waals surface area contributed by atoms with Crippen LogP contribution in [0.4, 0.5) is 10.2 Å². The molecule has 33 heavy (non-hydrogen) atoms. The molecule has 0 radical (unpaired) electrons. The van der Waals surface area contributed by atoms with Crippen molar-refractivity contribution >= 4 is 5.82 Å². The molecule has 4 aromatic rings. The van der Waals surface area contributed by atoms with Gasteiger partial charge in [-0.25, -0.2) is 28.7 Å². The van der Waals surface area contributed by atoms with Crippen LogP contribution in [0.15, 0.2) is 35.5 Å². The number of ether oxygens (including phenoxy) is 1. The van der Waals surface area contributed by atoms with Crippen LogP contribution in [0, 0.1) is 17.1 Å². The molecule has 3 aromatic heterocycles. The first-order chi connectivity index (χ1) is 15.9. The molecular weight excluding hydrogens is 429 g/mol. The van der Waals surface area contributed by atoms with Crippen molar-refractivity contribution in [1.82, 2.24) is 34.3 Å². The van der Waals surface area contributed by atoms with Crippen LogP contribution in [0.3, 0.4) is 0 Å². The lowest BCUT2D eigenvalue weighted by molar-refractivity contribution is 0.217. The molecule has 0 saturated heterocycles. The highest BCUT2D eigenvalue weighted by atomic mass is 19.1. The van der Waals surface area contributed by atoms with Crippen LogP contribution in [-0.4, -0.2) is 34.3 Å². The van der Waals surface area contributed by atoms with Gasteiger partial charge in [0, 0.05) is 12.6 Å². The van der Waals surface area contributed by atoms with E-state index in [1.807, 2.05) is 0 Å². The fraction of sp³-hybridized carbons (Fsp3) is 0.190. The zero-order valence-electron chi connectivity index (χ0n) is 17.5. The minimum atomic E-state index is -0.772. The third kappa shape index (κ3) is 3.26. The van der Waals surface area contributed by atoms with E-state index in [1.165, 1.54) is 33.6 Å². The molecule has 0 amide bonds. The predicted octanol–water partition coefficient (Wildman–Crippen LogP) is 1.46. The number of hydrogen-bond donors (Lipinski definition) is 1. The topological polar surface area (TPSA) is 150 Å². The highest BCUT2D eigenvalue weighted by molar-refractivity contribution is 5.69. The zero-order valence-corrected chi connectivity index (χ0v) is 17.5. The lowest BCUT2D eigenvalue weighted by Crippen LogP contribution is -2.28. The summed E-state index contributed by atoms with van der Waals surface area (Å²) in [4.78, 5) is 29.6. The first-order valence-electron chi connectivity index (χ1n) is 9.85. The number of halogens is 1. The standard InChI is InChI=1S/C21H16FN9O2/c1-10-12-5-11(22)3-4-15(12)31-17(26-9-27-21(31)32)6-13-18(16(7-23)30(2)29-13)14-8-25-19(24)20(28-14)33-10/h3-5,8-10H,6H2,1-2H3,(H2,24,25)/t10-/m1/s1. The summed E-state index contributed by atoms with van der Waals surface area (Å²) in [7, 11) is 1.62. The Morgan fingerprint density at radius 2 is 2.12 bits per heavy atom. The lowest BCUT2D eigenvalue weighted by Gasteiger charge is -2.21. The molecule has 0 saturated carbocycles. The molecule has 2 N–H and O–H groups in total. The third-order valence-corrected chi connectivity index (χ3v) is 5.36. The van der Waals surface area contributed by atoms with Crippen molar-refractivity contribution in [3.63, 3.8) is 0 Å². The summed E-state index contributed by atoms with van der Waals surface area (Å²) >= 11 is 0. The largest absolute Gasteiger partial charge is 0.467 e. The van der Waals surface area contributed by atoms with Gasteiger partial charge in [0.25, 0.3) is 5.88 Å². The Labute approximate surface area is 186 Å². The second-order valence-electron chi connectivity index (χ2n) is 7.40. The number of rotatable bonds is 0. The van der Waals surface area contributed by atoms with E-state index in [4.69, 9.17) is 10.5 Å². The molecule has 1 aliphatic rings. The van der Waals surface area contributed by atoms with Gasteiger partial charge in [-0.3, -0.25) is 4.68 Å². The fourth-order valence-electron chi connectivity index (χ4n) is 3.86. The third-order valence-electron chi connectivity index (χ3n) is 5.36. The van der Waals surface area contributed by atoms with Gasteiger partial charge in [0.15, 0.2) is 5.82 Å². The first-order valence-corrected chi connectivity index (χ1v) is 9.85. The molecule has 1 aromatic carbocycles. The molecule has 4 heterocycles. The molecule has 2 bridgehead atoms. The Hall–Kier alpha value is -4.66. The van der Waals surface area contributed by atoms with Crippen molar-refractivity contribution in [2.45, 2.75) is 19.4 Å². The Bertz CT molecular complexity index is 1520. The van der Waals surface area contributed by atoms with Crippen molar-refractivity contribution in [2.24, 2.45) is 7.05 Å². The van der Waals surface area contributed by atoms with Crippen molar-refractivity contribution in [1.29, 1.82) is 5.26 Å². The van der Waals surface area contributed by atoms with Crippen LogP contribution in [0.1, 0.15) is 35.8 Å². The Morgan fingerprint density at radius 1 is 1.30 bits per heavy atom. The van der Waals surface area contributed by atoms with Gasteiger partial charge >= 0.3 is 5.69 Å². The van der Waals surface area contributed by atoms with Gasteiger partial charge in [-0.15, -0.1) is 0 Å². The van der Waals surface area contributed by atoms with E-state index in [0.29, 0.717) is 34.0 Å². The molecule has 1 aliphatic heterocycles. The molecule has 1 atom stereocenters. The number of nitrogens with zero attached hydrogens (tertiary/aromatic N) is 8. The molecule has 0 aliphatic carbocycles. The average Bonchev–Trinajstić information content (AvgIpc) is 3.09. The van der Waals surface area contributed by atoms with Gasteiger partial charge in [0.05, 0.1) is 35.3 Å². The van der Waals surface area contributed by atoms with Crippen LogP contribution in [-0.2, 0) is 13.5 Å². The Balaban J connectivity index is 1.88. The van der Waals surface area contributed by atoms with Gasteiger partial charge < -0.3 is 10.5 Å². The summed E-state index contributed by atoms with van der Waals surface area (Å²) in [6, 6.07) is 6.08. The van der Waals surface area contributed by atoms with Gasteiger partial charge in [-0.1, -0.05) is 0 Å². The fourth-order valence-corrected chi connectivity index (χ4v) is 3.86. The van der Waals surface area contributed by atoms with Crippen LogP contribution in [0.25, 0.3) is 16.9 Å². The maximum atomic E-state index is 14.2. The highest BCUT2D eigenvalue weighted by Gasteiger charge is 2.26. The summed E-state index contributed by atoms with van der Waals surface area (Å²) in [6.07, 6.45) is 1.86. The summed E-state index contributed by atoms with van der Waals surface area (Å²) in [5.74, 6) is -0.193. The van der Waals surface area contributed by atoms with E-state index in [0.717, 1.165) is 6.33 Å². The van der Waals surface area contributed by atoms with Gasteiger partial charge in [-0.05, 0) is 25.1 Å². The second-order valence-corrected chi connectivity index (χ2v) is 7.40. The molecule has 5 rings (SSSR count). The molecule has 0 spiro atoms. The number of aryl methyl sites for hydroxylation is 1. The molecule has 0 fully saturated rings. The summed E-state index contributed by atoms with van der Waals surface area (Å²) in [6.45, 7) is 1.67. The van der Waals surface area contributed by atoms with E-state index in [1.54, 1.807) is 14.0 Å². The van der Waals surface area contributed by atoms with Gasteiger partial charge in [0.1, 0.15) is 35.8 Å². The van der Waals surface area contributed by atoms with E-state index < -0.39 is 17.6 Å². The van der Waals surface area contributed by atoms with Gasteiger partial charge in [0.2, 0.25) is 0 Å². The second kappa shape index (κ2) is 7.49. The van der Waals surface area contributed by atoms with Crippen LogP contribution in [0.5, 0.6) is 5.88 Å². The molecule has 0 unspecified atom stereocenters. The number of hydrogen-bond acceptors (Lipinski definition) is 9. The quantitative estimate of drug-likeness (QED) is 0.424. The monoisotopic (exact) mass is 445 g/mol. The van der Waals surface area contributed by atoms with Crippen molar-refractivity contribution in [3.8, 4) is 28.9 Å². The number of benzene rings is 1. The predicted molar refractivity (Wildman–Crippen MR) is 113 cm³/mol. The highest BCUT2D eigenvalue weighted by Crippen LogP contribution is 2.33. The SMILES string of the molecule is C[C@H]1Oc2nc(cnc2N)-c2c(nn(C)c2C#N)Cc2ncnc(=O)n2-c2ccc(F)cc21. The van der Waals surface area contributed by atoms with E-state index in [2.05, 4.69) is 31.1 Å². The number of fused-ring (bicyclic) bond motifs is 7. The average molecular weight is 445 g/mol. The van der Waals surface area contributed by atoms with E-state index in [9.17, 15) is 14.4 Å². The molecule has 12 heteroatoms. The van der Waals surface area contributed by atoms with E-state index in [-0.39, 0.29) is 23.8 Å². The lowest BCUT2D eigenvalue weighted by atomic mass is 10.1. The zero-order chi connectivity index (χ0) is 23.3. The minimum Gasteiger partial charge on any atom is -0.467 e. The van der Waals surface area contributed by atoms with Crippen molar-refractivity contribution < 1.29 is 9.13 Å². The Kier molecular flexibility index (Phi) is 4.59. The van der Waals surface area contributed by atoms with Crippen molar-refractivity contribution in [2.75, 3.05) is 5.73 Å². The Morgan fingerprint density at radius 3 is 2.91 bits per heavy atom. The number of nitriles is 1. The summed E-state index contributed by atoms with van der Waals surface area (Å²) in [5, 5.41) is 14.2. The maximum Gasteiger partial charge on any atom is 0.355 e. The molecule has 11 nitrogen and oxygen atoms in total. The summed E-state index contributed by atoms with van der Waals surface area (Å²) < 4.78 is 22.9. The van der Waals surface area contributed by atoms with E-state index >= 15 is 0 Å². The van der Waals surface area contributed by atoms with Crippen LogP contribution < -0.4 is 16.2 Å². The molecular formula is C21H16FN9O2. The number of aromatic nitrogens is 7. The maximum absolute atomic E-state index is 14.2. The smallest absolute Gasteiger partial charge is 0.355 e. The summed E-state index contributed by atoms with van der Waals surface area (Å²) in [5.41, 5.74) is 7.49. The molecule has 164 valence electrons. The number of nitrogen functional groups attached to an aromatic ring is 1.